The molecule has 9 heteroatoms. The molecule has 2 aliphatic carbocycles. The van der Waals surface area contributed by atoms with Gasteiger partial charge in [0.2, 0.25) is 0 Å². The molecular weight excluding hydrogens is 1340 g/mol. The molecular formula is C100H90B2N6S. The van der Waals surface area contributed by atoms with E-state index < -0.39 is 0 Å². The zero-order chi connectivity index (χ0) is 74.2. The first-order chi connectivity index (χ1) is 52.7. The highest BCUT2D eigenvalue weighted by molar-refractivity contribution is 7.33. The highest BCUT2D eigenvalue weighted by atomic mass is 32.1. The minimum absolute atomic E-state index is 0.0235. The van der Waals surface area contributed by atoms with Gasteiger partial charge in [-0.15, -0.1) is 11.3 Å². The van der Waals surface area contributed by atoms with E-state index in [0.29, 0.717) is 0 Å². The van der Waals surface area contributed by atoms with Crippen molar-refractivity contribution in [2.75, 3.05) is 29.4 Å². The molecule has 0 saturated carbocycles. The summed E-state index contributed by atoms with van der Waals surface area (Å²) in [6, 6.07) is 114. The van der Waals surface area contributed by atoms with E-state index in [4.69, 9.17) is 0 Å². The van der Waals surface area contributed by atoms with Crippen LogP contribution in [0.4, 0.5) is 102 Å². The lowest BCUT2D eigenvalue weighted by Crippen LogP contribution is -2.65. The smallest absolute Gasteiger partial charge is 0.264 e. The van der Waals surface area contributed by atoms with E-state index in [1.807, 2.05) is 11.3 Å². The first-order valence-corrected chi connectivity index (χ1v) is 40.1. The largest absolute Gasteiger partial charge is 0.311 e. The van der Waals surface area contributed by atoms with E-state index in [1.54, 1.807) is 0 Å². The molecule has 6 nitrogen and oxygen atoms in total. The van der Waals surface area contributed by atoms with Crippen LogP contribution in [0.5, 0.6) is 0 Å². The maximum atomic E-state index is 2.73. The summed E-state index contributed by atoms with van der Waals surface area (Å²) in [5.41, 5.74) is 33.9. The summed E-state index contributed by atoms with van der Waals surface area (Å²) < 4.78 is 2.64. The summed E-state index contributed by atoms with van der Waals surface area (Å²) in [6.07, 6.45) is 4.53. The second-order valence-electron chi connectivity index (χ2n) is 35.0. The monoisotopic (exact) mass is 1430 g/mol. The van der Waals surface area contributed by atoms with Gasteiger partial charge in [0, 0.05) is 100 Å². The van der Waals surface area contributed by atoms with Gasteiger partial charge in [-0.05, 0) is 253 Å². The van der Waals surface area contributed by atoms with Crippen LogP contribution in [-0.4, -0.2) is 13.4 Å². The zero-order valence-corrected chi connectivity index (χ0v) is 65.2. The maximum absolute atomic E-state index is 2.73. The fourth-order valence-corrected chi connectivity index (χ4v) is 20.8. The van der Waals surface area contributed by atoms with E-state index in [9.17, 15) is 0 Å². The molecule has 20 rings (SSSR count). The summed E-state index contributed by atoms with van der Waals surface area (Å²) in [4.78, 5) is 15.6. The van der Waals surface area contributed by atoms with Crippen LogP contribution in [0.3, 0.4) is 0 Å². The first kappa shape index (κ1) is 67.1. The van der Waals surface area contributed by atoms with Crippen molar-refractivity contribution in [1.82, 2.24) is 0 Å². The molecule has 0 saturated heterocycles. The fourth-order valence-electron chi connectivity index (χ4n) is 19.5. The molecule has 0 amide bonds. The van der Waals surface area contributed by atoms with Gasteiger partial charge in [-0.25, -0.2) is 0 Å². The quantitative estimate of drug-likeness (QED) is 0.126. The van der Waals surface area contributed by atoms with Gasteiger partial charge < -0.3 is 29.4 Å². The summed E-state index contributed by atoms with van der Waals surface area (Å²) in [5, 5.41) is 1.29. The second kappa shape index (κ2) is 24.6. The predicted molar refractivity (Wildman–Crippen MR) is 469 cm³/mol. The van der Waals surface area contributed by atoms with Crippen LogP contribution in [0, 0.1) is 0 Å². The van der Waals surface area contributed by atoms with E-state index in [0.717, 1.165) is 93.9 Å². The van der Waals surface area contributed by atoms with E-state index in [-0.39, 0.29) is 40.5 Å². The highest BCUT2D eigenvalue weighted by Crippen LogP contribution is 2.57. The van der Waals surface area contributed by atoms with Gasteiger partial charge in [-0.2, -0.15) is 0 Å². The SMILES string of the molecule is CC(C)(C)c1ccc2sc3c(c2c1)N(c1ccc2c(c1)C(C)(C)CCC2(C)C)c1cc(N(c2ccccc2)c2ccccc2)cc2c1B3c1cc3c(cc1N2c1ccccc1)N(c1ccccc1)c1cc(N(c2ccccc2)c2ccccc2)cc2c1B3c1ccccc1N2c1ccc2c(c1)C(C)(C)CCC2(C)C. The van der Waals surface area contributed by atoms with Crippen LogP contribution in [0.15, 0.2) is 297 Å². The number of benzene rings is 13. The summed E-state index contributed by atoms with van der Waals surface area (Å²) in [5.74, 6) is 0. The van der Waals surface area contributed by atoms with Crippen LogP contribution < -0.4 is 61.5 Å². The number of thiophene rings is 1. The Hall–Kier alpha value is -11.3. The van der Waals surface area contributed by atoms with Gasteiger partial charge >= 0.3 is 0 Å². The van der Waals surface area contributed by atoms with Gasteiger partial charge in [-0.3, -0.25) is 0 Å². The molecule has 14 aromatic rings. The standard InChI is InChI=1S/C100H90B2N6S/c1-96(2,3)65-46-51-91-76(56-65)94-95(109-91)102-83-63-82-85(64-86(83)106(71-42-28-17-29-43-71)89-61-75(104(68-36-22-14-23-37-68)69-38-24-15-25-39-69)62-90(93(89)102)108(94)73-48-50-78-80(58-73)100(10,11)55-53-98(78,6)7)105(70-40-26-16-27-41-70)87-59-74(103(66-32-18-12-19-33-66)67-34-20-13-21-35-67)60-88-92(87)101(82)81-44-30-31-45-84(81)107(88)72-47-49-77-79(57-72)99(8,9)54-52-97(77,4)5/h12-51,56-64H,52-55H2,1-11H3. The van der Waals surface area contributed by atoms with Crippen molar-refractivity contribution in [3.05, 3.63) is 325 Å². The van der Waals surface area contributed by atoms with Gasteiger partial charge in [0.1, 0.15) is 0 Å². The van der Waals surface area contributed by atoms with Crippen molar-refractivity contribution >= 4 is 169 Å². The van der Waals surface area contributed by atoms with Crippen molar-refractivity contribution in [2.24, 2.45) is 0 Å². The molecule has 532 valence electrons. The Bertz CT molecular complexity index is 5890. The fraction of sp³-hybridized carbons (Fsp3) is 0.200. The van der Waals surface area contributed by atoms with E-state index >= 15 is 0 Å². The molecule has 13 aromatic carbocycles. The molecule has 6 aliphatic rings. The third-order valence-electron chi connectivity index (χ3n) is 25.4. The lowest BCUT2D eigenvalue weighted by Gasteiger charge is -2.48. The van der Waals surface area contributed by atoms with Crippen LogP contribution >= 0.6 is 11.3 Å². The highest BCUT2D eigenvalue weighted by Gasteiger charge is 2.51. The van der Waals surface area contributed by atoms with Crippen LogP contribution in [0.1, 0.15) is 130 Å². The number of hydrogen-bond acceptors (Lipinski definition) is 7. The molecule has 0 atom stereocenters. The van der Waals surface area contributed by atoms with Crippen molar-refractivity contribution in [3.8, 4) is 0 Å². The number of rotatable bonds is 10. The Labute approximate surface area is 648 Å². The Balaban J connectivity index is 0.923. The Morgan fingerprint density at radius 2 is 0.679 bits per heavy atom. The lowest BCUT2D eigenvalue weighted by molar-refractivity contribution is 0.332. The van der Waals surface area contributed by atoms with Gasteiger partial charge in [-0.1, -0.05) is 228 Å². The average Bonchev–Trinajstić information content (AvgIpc) is 1.65. The predicted octanol–water partition coefficient (Wildman–Crippen LogP) is 24.0. The summed E-state index contributed by atoms with van der Waals surface area (Å²) in [6.45, 7) is 26.4. The van der Waals surface area contributed by atoms with E-state index in [2.05, 4.69) is 403 Å². The van der Waals surface area contributed by atoms with Crippen LogP contribution in [-0.2, 0) is 27.1 Å². The molecule has 4 aliphatic heterocycles. The van der Waals surface area contributed by atoms with Gasteiger partial charge in [0.05, 0.1) is 17.1 Å². The Morgan fingerprint density at radius 3 is 1.13 bits per heavy atom. The number of anilines is 18. The minimum Gasteiger partial charge on any atom is -0.311 e. The maximum Gasteiger partial charge on any atom is 0.264 e. The number of hydrogen-bond donors (Lipinski definition) is 0. The third-order valence-corrected chi connectivity index (χ3v) is 26.6. The van der Waals surface area contributed by atoms with E-state index in [1.165, 1.54) is 104 Å². The first-order valence-electron chi connectivity index (χ1n) is 39.3. The molecule has 0 spiro atoms. The zero-order valence-electron chi connectivity index (χ0n) is 64.4. The molecule has 0 fully saturated rings. The third kappa shape index (κ3) is 10.6. The van der Waals surface area contributed by atoms with Crippen molar-refractivity contribution in [2.45, 2.75) is 129 Å². The molecule has 0 N–H and O–H groups in total. The molecule has 1 aromatic heterocycles. The number of nitrogens with zero attached hydrogens (tertiary/aromatic N) is 6. The summed E-state index contributed by atoms with van der Waals surface area (Å²) in [7, 11) is 0. The lowest BCUT2D eigenvalue weighted by atomic mass is 9.31. The van der Waals surface area contributed by atoms with Crippen LogP contribution in [0.2, 0.25) is 0 Å². The van der Waals surface area contributed by atoms with Crippen LogP contribution in [0.25, 0.3) is 10.1 Å². The molecule has 109 heavy (non-hydrogen) atoms. The average molecular weight is 1430 g/mol. The Kier molecular flexibility index (Phi) is 15.2. The van der Waals surface area contributed by atoms with Crippen molar-refractivity contribution in [3.63, 3.8) is 0 Å². The topological polar surface area (TPSA) is 19.4 Å². The normalized spacial score (nSPS) is 16.2. The van der Waals surface area contributed by atoms with Gasteiger partial charge in [0.25, 0.3) is 13.4 Å². The number of para-hydroxylation sites is 7. The second-order valence-corrected chi connectivity index (χ2v) is 36.1. The molecule has 0 bridgehead atoms. The molecule has 0 radical (unpaired) electrons. The Morgan fingerprint density at radius 1 is 0.303 bits per heavy atom. The summed E-state index contributed by atoms with van der Waals surface area (Å²) >= 11 is 2.00. The minimum atomic E-state index is -0.201. The molecule has 0 unspecified atom stereocenters. The van der Waals surface area contributed by atoms with Gasteiger partial charge in [0.15, 0.2) is 0 Å². The number of fused-ring (bicyclic) bond motifs is 12. The molecule has 5 heterocycles. The van der Waals surface area contributed by atoms with Crippen molar-refractivity contribution < 1.29 is 0 Å². The van der Waals surface area contributed by atoms with Crippen molar-refractivity contribution in [1.29, 1.82) is 0 Å².